The number of benzene rings is 1. The zero-order valence-corrected chi connectivity index (χ0v) is 12.0. The summed E-state index contributed by atoms with van der Waals surface area (Å²) in [5, 5.41) is 6.36. The standard InChI is InChI=1S/C16H24N2O/c1-12-5-3-6-13(2)15(12)8-10-18-16(19)14-7-4-9-17-11-14/h3,5-6,14,17H,4,7-11H2,1-2H3,(H,18,19). The Morgan fingerprint density at radius 2 is 2.11 bits per heavy atom. The molecule has 0 spiro atoms. The fraction of sp³-hybridized carbons (Fsp3) is 0.562. The highest BCUT2D eigenvalue weighted by molar-refractivity contribution is 5.78. The van der Waals surface area contributed by atoms with Crippen molar-refractivity contribution in [1.29, 1.82) is 0 Å². The van der Waals surface area contributed by atoms with Crippen LogP contribution in [0.5, 0.6) is 0 Å². The van der Waals surface area contributed by atoms with E-state index in [1.807, 2.05) is 0 Å². The van der Waals surface area contributed by atoms with Crippen LogP contribution in [0.2, 0.25) is 0 Å². The summed E-state index contributed by atoms with van der Waals surface area (Å²) < 4.78 is 0. The van der Waals surface area contributed by atoms with Gasteiger partial charge in [-0.15, -0.1) is 0 Å². The predicted octanol–water partition coefficient (Wildman–Crippen LogP) is 1.96. The Balaban J connectivity index is 1.81. The Morgan fingerprint density at radius 1 is 1.37 bits per heavy atom. The summed E-state index contributed by atoms with van der Waals surface area (Å²) in [6, 6.07) is 6.35. The molecular weight excluding hydrogens is 236 g/mol. The largest absolute Gasteiger partial charge is 0.355 e. The summed E-state index contributed by atoms with van der Waals surface area (Å²) in [7, 11) is 0. The van der Waals surface area contributed by atoms with E-state index in [0.29, 0.717) is 0 Å². The van der Waals surface area contributed by atoms with Crippen molar-refractivity contribution in [2.45, 2.75) is 33.1 Å². The SMILES string of the molecule is Cc1cccc(C)c1CCNC(=O)C1CCCNC1. The molecule has 2 rings (SSSR count). The third-order valence-electron chi connectivity index (χ3n) is 3.99. The van der Waals surface area contributed by atoms with Crippen molar-refractivity contribution in [3.05, 3.63) is 34.9 Å². The van der Waals surface area contributed by atoms with Crippen LogP contribution in [0, 0.1) is 19.8 Å². The van der Waals surface area contributed by atoms with E-state index in [0.717, 1.165) is 38.9 Å². The van der Waals surface area contributed by atoms with Crippen LogP contribution in [0.15, 0.2) is 18.2 Å². The van der Waals surface area contributed by atoms with Crippen LogP contribution in [0.1, 0.15) is 29.5 Å². The molecule has 0 bridgehead atoms. The lowest BCUT2D eigenvalue weighted by Crippen LogP contribution is -2.41. The monoisotopic (exact) mass is 260 g/mol. The van der Waals surface area contributed by atoms with E-state index >= 15 is 0 Å². The highest BCUT2D eigenvalue weighted by atomic mass is 16.1. The summed E-state index contributed by atoms with van der Waals surface area (Å²) in [6.07, 6.45) is 3.04. The summed E-state index contributed by atoms with van der Waals surface area (Å²) in [5.74, 6) is 0.366. The van der Waals surface area contributed by atoms with Gasteiger partial charge in [0.25, 0.3) is 0 Å². The minimum absolute atomic E-state index is 0.159. The quantitative estimate of drug-likeness (QED) is 0.869. The van der Waals surface area contributed by atoms with E-state index in [9.17, 15) is 4.79 Å². The van der Waals surface area contributed by atoms with E-state index in [1.165, 1.54) is 16.7 Å². The third kappa shape index (κ3) is 3.80. The van der Waals surface area contributed by atoms with E-state index in [2.05, 4.69) is 42.7 Å². The maximum atomic E-state index is 12.0. The number of carbonyl (C=O) groups excluding carboxylic acids is 1. The molecule has 1 amide bonds. The van der Waals surface area contributed by atoms with Crippen LogP contribution in [-0.2, 0) is 11.2 Å². The van der Waals surface area contributed by atoms with Gasteiger partial charge in [0, 0.05) is 13.1 Å². The van der Waals surface area contributed by atoms with Gasteiger partial charge in [-0.1, -0.05) is 18.2 Å². The molecule has 2 N–H and O–H groups in total. The number of aryl methyl sites for hydroxylation is 2. The van der Waals surface area contributed by atoms with Crippen molar-refractivity contribution < 1.29 is 4.79 Å². The minimum atomic E-state index is 0.159. The van der Waals surface area contributed by atoms with Crippen LogP contribution in [0.4, 0.5) is 0 Å². The number of piperidine rings is 1. The molecule has 1 unspecified atom stereocenters. The van der Waals surface area contributed by atoms with Crippen molar-refractivity contribution in [3.8, 4) is 0 Å². The highest BCUT2D eigenvalue weighted by Crippen LogP contribution is 2.14. The molecule has 0 aromatic heterocycles. The third-order valence-corrected chi connectivity index (χ3v) is 3.99. The molecule has 1 aromatic rings. The average molecular weight is 260 g/mol. The molecular formula is C16H24N2O. The van der Waals surface area contributed by atoms with Crippen LogP contribution in [0.3, 0.4) is 0 Å². The Morgan fingerprint density at radius 3 is 2.74 bits per heavy atom. The van der Waals surface area contributed by atoms with Crippen molar-refractivity contribution in [2.24, 2.45) is 5.92 Å². The molecule has 3 heteroatoms. The molecule has 1 fully saturated rings. The first-order valence-electron chi connectivity index (χ1n) is 7.22. The van der Waals surface area contributed by atoms with Crippen molar-refractivity contribution in [1.82, 2.24) is 10.6 Å². The van der Waals surface area contributed by atoms with Gasteiger partial charge in [0.2, 0.25) is 5.91 Å². The van der Waals surface area contributed by atoms with E-state index < -0.39 is 0 Å². The number of carbonyl (C=O) groups is 1. The second-order valence-electron chi connectivity index (χ2n) is 5.45. The smallest absolute Gasteiger partial charge is 0.224 e. The van der Waals surface area contributed by atoms with E-state index in [-0.39, 0.29) is 11.8 Å². The molecule has 0 saturated carbocycles. The number of hydrogen-bond donors (Lipinski definition) is 2. The second kappa shape index (κ2) is 6.71. The topological polar surface area (TPSA) is 41.1 Å². The van der Waals surface area contributed by atoms with Crippen LogP contribution in [0.25, 0.3) is 0 Å². The Labute approximate surface area is 115 Å². The lowest BCUT2D eigenvalue weighted by atomic mass is 9.98. The Kier molecular flexibility index (Phi) is 4.97. The molecule has 1 aromatic carbocycles. The van der Waals surface area contributed by atoms with Gasteiger partial charge in [-0.2, -0.15) is 0 Å². The lowest BCUT2D eigenvalue weighted by Gasteiger charge is -2.22. The molecule has 104 valence electrons. The zero-order valence-electron chi connectivity index (χ0n) is 12.0. The predicted molar refractivity (Wildman–Crippen MR) is 78.2 cm³/mol. The number of nitrogens with one attached hydrogen (secondary N) is 2. The molecule has 1 aliphatic rings. The molecule has 1 heterocycles. The minimum Gasteiger partial charge on any atom is -0.355 e. The maximum absolute atomic E-state index is 12.0. The van der Waals surface area contributed by atoms with Gasteiger partial charge in [0.15, 0.2) is 0 Å². The van der Waals surface area contributed by atoms with Gasteiger partial charge in [0.1, 0.15) is 0 Å². The van der Waals surface area contributed by atoms with Gasteiger partial charge in [-0.3, -0.25) is 4.79 Å². The van der Waals surface area contributed by atoms with Crippen molar-refractivity contribution in [3.63, 3.8) is 0 Å². The molecule has 1 atom stereocenters. The first kappa shape index (κ1) is 14.1. The van der Waals surface area contributed by atoms with Crippen molar-refractivity contribution >= 4 is 5.91 Å². The Bertz CT molecular complexity index is 416. The highest BCUT2D eigenvalue weighted by Gasteiger charge is 2.20. The number of hydrogen-bond acceptors (Lipinski definition) is 2. The number of amides is 1. The van der Waals surface area contributed by atoms with Crippen molar-refractivity contribution in [2.75, 3.05) is 19.6 Å². The summed E-state index contributed by atoms with van der Waals surface area (Å²) in [4.78, 5) is 12.0. The second-order valence-corrected chi connectivity index (χ2v) is 5.45. The number of rotatable bonds is 4. The molecule has 3 nitrogen and oxygen atoms in total. The zero-order chi connectivity index (χ0) is 13.7. The van der Waals surface area contributed by atoms with Crippen LogP contribution in [-0.4, -0.2) is 25.5 Å². The molecule has 0 aliphatic carbocycles. The van der Waals surface area contributed by atoms with E-state index in [4.69, 9.17) is 0 Å². The van der Waals surface area contributed by atoms with Gasteiger partial charge >= 0.3 is 0 Å². The average Bonchev–Trinajstić information content (AvgIpc) is 2.43. The lowest BCUT2D eigenvalue weighted by molar-refractivity contribution is -0.125. The van der Waals surface area contributed by atoms with E-state index in [1.54, 1.807) is 0 Å². The molecule has 1 saturated heterocycles. The van der Waals surface area contributed by atoms with Gasteiger partial charge < -0.3 is 10.6 Å². The summed E-state index contributed by atoms with van der Waals surface area (Å²) in [6.45, 7) is 6.88. The summed E-state index contributed by atoms with van der Waals surface area (Å²) in [5.41, 5.74) is 3.99. The molecule has 1 aliphatic heterocycles. The summed E-state index contributed by atoms with van der Waals surface area (Å²) >= 11 is 0. The first-order valence-corrected chi connectivity index (χ1v) is 7.22. The van der Waals surface area contributed by atoms with Crippen LogP contribution >= 0.6 is 0 Å². The fourth-order valence-electron chi connectivity index (χ4n) is 2.77. The van der Waals surface area contributed by atoms with Gasteiger partial charge in [-0.25, -0.2) is 0 Å². The van der Waals surface area contributed by atoms with Gasteiger partial charge in [0.05, 0.1) is 5.92 Å². The normalized spacial score (nSPS) is 19.2. The molecule has 0 radical (unpaired) electrons. The fourth-order valence-corrected chi connectivity index (χ4v) is 2.77. The Hall–Kier alpha value is -1.35. The molecule has 19 heavy (non-hydrogen) atoms. The first-order chi connectivity index (χ1) is 9.18. The van der Waals surface area contributed by atoms with Crippen LogP contribution < -0.4 is 10.6 Å². The maximum Gasteiger partial charge on any atom is 0.224 e. The van der Waals surface area contributed by atoms with Gasteiger partial charge in [-0.05, 0) is 56.3 Å².